The molecule has 0 saturated heterocycles. The fourth-order valence-corrected chi connectivity index (χ4v) is 2.40. The van der Waals surface area contributed by atoms with Crippen molar-refractivity contribution in [2.45, 2.75) is 0 Å². The van der Waals surface area contributed by atoms with Gasteiger partial charge in [-0.15, -0.1) is 0 Å². The van der Waals surface area contributed by atoms with Gasteiger partial charge in [0, 0.05) is 15.6 Å². The maximum absolute atomic E-state index is 8.89. The van der Waals surface area contributed by atoms with Gasteiger partial charge in [-0.3, -0.25) is 0 Å². The Morgan fingerprint density at radius 2 is 1.57 bits per heavy atom. The lowest BCUT2D eigenvalue weighted by Crippen LogP contribution is -2.23. The van der Waals surface area contributed by atoms with Crippen molar-refractivity contribution in [2.24, 2.45) is 11.6 Å². The molecule has 0 aliphatic heterocycles. The molecule has 0 amide bonds. The van der Waals surface area contributed by atoms with Gasteiger partial charge in [0.2, 0.25) is 0 Å². The van der Waals surface area contributed by atoms with E-state index in [0.29, 0.717) is 15.6 Å². The van der Waals surface area contributed by atoms with Gasteiger partial charge < -0.3 is 11.2 Å². The zero-order valence-electron chi connectivity index (χ0n) is 10.9. The van der Waals surface area contributed by atoms with E-state index in [-0.39, 0.29) is 11.4 Å². The van der Waals surface area contributed by atoms with Crippen LogP contribution < -0.4 is 17.0 Å². The quantitative estimate of drug-likeness (QED) is 0.460. The van der Waals surface area contributed by atoms with Crippen molar-refractivity contribution in [1.29, 1.82) is 5.26 Å². The van der Waals surface area contributed by atoms with E-state index in [9.17, 15) is 0 Å². The van der Waals surface area contributed by atoms with Crippen LogP contribution in [0.4, 0.5) is 0 Å². The Kier molecular flexibility index (Phi) is 4.71. The first-order valence-corrected chi connectivity index (χ1v) is 6.74. The van der Waals surface area contributed by atoms with E-state index in [4.69, 9.17) is 40.0 Å². The number of rotatable bonds is 3. The molecular formula is C15H12Cl2N4. The average Bonchev–Trinajstić information content (AvgIpc) is 2.47. The Hall–Kier alpha value is -2.19. The van der Waals surface area contributed by atoms with Crippen LogP contribution in [0.5, 0.6) is 0 Å². The number of hydrazine groups is 1. The van der Waals surface area contributed by atoms with E-state index < -0.39 is 0 Å². The molecule has 106 valence electrons. The summed E-state index contributed by atoms with van der Waals surface area (Å²) in [5.74, 6) is 5.24. The molecule has 0 unspecified atom stereocenters. The molecule has 0 bridgehead atoms. The molecule has 2 aromatic carbocycles. The normalized spacial score (nSPS) is 11.5. The van der Waals surface area contributed by atoms with Crippen LogP contribution >= 0.6 is 23.2 Å². The Bertz CT molecular complexity index is 710. The molecule has 0 radical (unpaired) electrons. The van der Waals surface area contributed by atoms with Gasteiger partial charge in [-0.1, -0.05) is 47.5 Å². The maximum atomic E-state index is 8.89. The number of allylic oxidation sites excluding steroid dienone is 1. The first-order chi connectivity index (χ1) is 10.0. The second-order valence-corrected chi connectivity index (χ2v) is 5.15. The molecule has 2 rings (SSSR count). The van der Waals surface area contributed by atoms with Crippen molar-refractivity contribution in [3.05, 3.63) is 63.8 Å². The molecular weight excluding hydrogens is 307 g/mol. The van der Waals surface area contributed by atoms with Gasteiger partial charge in [0.15, 0.2) is 5.70 Å². The topological polar surface area (TPSA) is 87.9 Å². The van der Waals surface area contributed by atoms with Gasteiger partial charge in [-0.2, -0.15) is 5.26 Å². The zero-order valence-corrected chi connectivity index (χ0v) is 12.4. The van der Waals surface area contributed by atoms with E-state index >= 15 is 0 Å². The second kappa shape index (κ2) is 6.51. The minimum atomic E-state index is 0.119. The molecule has 0 fully saturated rings. The first-order valence-electron chi connectivity index (χ1n) is 5.98. The molecule has 0 heterocycles. The van der Waals surface area contributed by atoms with Crippen LogP contribution in [0.3, 0.4) is 0 Å². The van der Waals surface area contributed by atoms with Crippen molar-refractivity contribution >= 4 is 28.9 Å². The van der Waals surface area contributed by atoms with Gasteiger partial charge >= 0.3 is 0 Å². The van der Waals surface area contributed by atoms with Crippen LogP contribution in [0.2, 0.25) is 10.0 Å². The number of benzene rings is 2. The molecule has 6 heteroatoms. The summed E-state index contributed by atoms with van der Waals surface area (Å²) in [5, 5.41) is 10.0. The second-order valence-electron chi connectivity index (χ2n) is 4.28. The standard InChI is InChI=1S/C15H12Cl2N4/c16-12-5-11(6-13(17)7-12)9-1-3-10(4-2-9)15(19)14(8-18)21-20/h1-7,21H,19-20H2/b15-14-. The number of hydrogen-bond acceptors (Lipinski definition) is 4. The van der Waals surface area contributed by atoms with E-state index in [1.165, 1.54) is 0 Å². The van der Waals surface area contributed by atoms with Gasteiger partial charge in [0.1, 0.15) is 6.07 Å². The summed E-state index contributed by atoms with van der Waals surface area (Å²) in [5.41, 5.74) is 11.1. The number of nitriles is 1. The van der Waals surface area contributed by atoms with Crippen molar-refractivity contribution in [1.82, 2.24) is 5.43 Å². The van der Waals surface area contributed by atoms with E-state index in [2.05, 4.69) is 5.43 Å². The van der Waals surface area contributed by atoms with Crippen LogP contribution in [0, 0.1) is 11.3 Å². The minimum Gasteiger partial charge on any atom is -0.396 e. The lowest BCUT2D eigenvalue weighted by Gasteiger charge is -2.08. The number of nitrogens with two attached hydrogens (primary N) is 2. The predicted octanol–water partition coefficient (Wildman–Crippen LogP) is 3.27. The molecule has 2 aromatic rings. The molecule has 0 spiro atoms. The predicted molar refractivity (Wildman–Crippen MR) is 85.9 cm³/mol. The van der Waals surface area contributed by atoms with Crippen molar-refractivity contribution in [3.63, 3.8) is 0 Å². The largest absolute Gasteiger partial charge is 0.396 e. The Morgan fingerprint density at radius 1 is 1.00 bits per heavy atom. The third-order valence-electron chi connectivity index (χ3n) is 2.92. The van der Waals surface area contributed by atoms with Crippen LogP contribution in [-0.4, -0.2) is 0 Å². The first kappa shape index (κ1) is 15.2. The number of nitrogens with zero attached hydrogens (tertiary/aromatic N) is 1. The van der Waals surface area contributed by atoms with Gasteiger partial charge in [-0.25, -0.2) is 5.84 Å². The van der Waals surface area contributed by atoms with E-state index in [1.54, 1.807) is 18.2 Å². The number of halogens is 2. The lowest BCUT2D eigenvalue weighted by atomic mass is 10.0. The third kappa shape index (κ3) is 3.47. The molecule has 0 atom stereocenters. The molecule has 0 aromatic heterocycles. The summed E-state index contributed by atoms with van der Waals surface area (Å²) < 4.78 is 0. The van der Waals surface area contributed by atoms with Crippen molar-refractivity contribution < 1.29 is 0 Å². The highest BCUT2D eigenvalue weighted by atomic mass is 35.5. The highest BCUT2D eigenvalue weighted by molar-refractivity contribution is 6.35. The molecule has 0 aliphatic carbocycles. The lowest BCUT2D eigenvalue weighted by molar-refractivity contribution is 0.920. The summed E-state index contributed by atoms with van der Waals surface area (Å²) in [7, 11) is 0. The highest BCUT2D eigenvalue weighted by Crippen LogP contribution is 2.28. The number of hydrogen-bond donors (Lipinski definition) is 3. The molecule has 0 aliphatic rings. The summed E-state index contributed by atoms with van der Waals surface area (Å²) >= 11 is 12.0. The molecule has 0 saturated carbocycles. The van der Waals surface area contributed by atoms with Crippen LogP contribution in [0.15, 0.2) is 48.2 Å². The molecule has 5 N–H and O–H groups in total. The van der Waals surface area contributed by atoms with E-state index in [1.807, 2.05) is 30.3 Å². The maximum Gasteiger partial charge on any atom is 0.151 e. The fourth-order valence-electron chi connectivity index (χ4n) is 1.88. The van der Waals surface area contributed by atoms with Gasteiger partial charge in [0.25, 0.3) is 0 Å². The van der Waals surface area contributed by atoms with Gasteiger partial charge in [-0.05, 0) is 29.3 Å². The van der Waals surface area contributed by atoms with Crippen molar-refractivity contribution in [3.8, 4) is 17.2 Å². The molecule has 21 heavy (non-hydrogen) atoms. The van der Waals surface area contributed by atoms with Crippen LogP contribution in [0.25, 0.3) is 16.8 Å². The Balaban J connectivity index is 2.40. The number of nitrogens with one attached hydrogen (secondary N) is 1. The summed E-state index contributed by atoms with van der Waals surface area (Å²) in [6.45, 7) is 0. The Morgan fingerprint density at radius 3 is 2.05 bits per heavy atom. The van der Waals surface area contributed by atoms with E-state index in [0.717, 1.165) is 11.1 Å². The zero-order chi connectivity index (χ0) is 15.4. The Labute approximate surface area is 132 Å². The minimum absolute atomic E-state index is 0.119. The van der Waals surface area contributed by atoms with Crippen molar-refractivity contribution in [2.75, 3.05) is 0 Å². The van der Waals surface area contributed by atoms with Gasteiger partial charge in [0.05, 0.1) is 5.70 Å². The molecule has 4 nitrogen and oxygen atoms in total. The van der Waals surface area contributed by atoms with Crippen LogP contribution in [0.1, 0.15) is 5.56 Å². The monoisotopic (exact) mass is 318 g/mol. The summed E-state index contributed by atoms with van der Waals surface area (Å²) in [6.07, 6.45) is 0. The SMILES string of the molecule is N#C/C(NN)=C(/N)c1ccc(-c2cc(Cl)cc(Cl)c2)cc1. The van der Waals surface area contributed by atoms with Crippen LogP contribution in [-0.2, 0) is 0 Å². The fraction of sp³-hybridized carbons (Fsp3) is 0. The smallest absolute Gasteiger partial charge is 0.151 e. The average molecular weight is 319 g/mol. The summed E-state index contributed by atoms with van der Waals surface area (Å²) in [4.78, 5) is 0. The highest BCUT2D eigenvalue weighted by Gasteiger charge is 2.06. The summed E-state index contributed by atoms with van der Waals surface area (Å²) in [6, 6.07) is 14.6. The third-order valence-corrected chi connectivity index (χ3v) is 3.35.